The van der Waals surface area contributed by atoms with Crippen LogP contribution in [0.25, 0.3) is 0 Å². The summed E-state index contributed by atoms with van der Waals surface area (Å²) in [5.74, 6) is 1.20. The molecule has 1 saturated carbocycles. The van der Waals surface area contributed by atoms with E-state index in [-0.39, 0.29) is 31.3 Å². The quantitative estimate of drug-likeness (QED) is 0.346. The Kier molecular flexibility index (Phi) is 12.3. The van der Waals surface area contributed by atoms with Gasteiger partial charge in [-0.05, 0) is 64.2 Å². The van der Waals surface area contributed by atoms with E-state index < -0.39 is 35.6 Å². The summed E-state index contributed by atoms with van der Waals surface area (Å²) in [7, 11) is 0. The van der Waals surface area contributed by atoms with Gasteiger partial charge in [0.05, 0.1) is 0 Å². The second kappa shape index (κ2) is 15.2. The number of primary amides is 1. The van der Waals surface area contributed by atoms with E-state index in [9.17, 15) is 19.2 Å². The van der Waals surface area contributed by atoms with E-state index in [0.717, 1.165) is 38.5 Å². The largest absolute Gasteiger partial charge is 0.444 e. The Hall–Kier alpha value is -3.54. The minimum atomic E-state index is -1.11. The fourth-order valence-corrected chi connectivity index (χ4v) is 4.65. The Balaban J connectivity index is 2.47. The van der Waals surface area contributed by atoms with Crippen LogP contribution in [-0.4, -0.2) is 52.9 Å². The summed E-state index contributed by atoms with van der Waals surface area (Å²) in [5.41, 5.74) is 5.85. The van der Waals surface area contributed by atoms with Gasteiger partial charge in [-0.25, -0.2) is 4.79 Å². The van der Waals surface area contributed by atoms with Crippen molar-refractivity contribution in [3.05, 3.63) is 35.4 Å². The number of alkyl carbamates (subject to hydrolysis) is 1. The maximum absolute atomic E-state index is 14.1. The molecule has 2 atom stereocenters. The van der Waals surface area contributed by atoms with Gasteiger partial charge in [0.25, 0.3) is 0 Å². The molecule has 1 aromatic rings. The van der Waals surface area contributed by atoms with Crippen molar-refractivity contribution in [2.45, 2.75) is 109 Å². The maximum Gasteiger partial charge on any atom is 0.408 e. The molecule has 4 amide bonds. The summed E-state index contributed by atoms with van der Waals surface area (Å²) in [4.78, 5) is 53.7. The Morgan fingerprint density at radius 1 is 1.13 bits per heavy atom. The lowest BCUT2D eigenvalue weighted by molar-refractivity contribution is -0.143. The summed E-state index contributed by atoms with van der Waals surface area (Å²) < 4.78 is 5.37. The van der Waals surface area contributed by atoms with Crippen LogP contribution < -0.4 is 16.4 Å². The lowest BCUT2D eigenvalue weighted by Crippen LogP contribution is -2.54. The highest BCUT2D eigenvalue weighted by atomic mass is 16.6. The molecule has 9 heteroatoms. The predicted octanol–water partition coefficient (Wildman–Crippen LogP) is 3.95. The van der Waals surface area contributed by atoms with Crippen LogP contribution in [0, 0.1) is 12.3 Å². The molecule has 9 nitrogen and oxygen atoms in total. The molecule has 2 rings (SSSR count). The fraction of sp³-hybridized carbons (Fsp3) is 0.600. The fourth-order valence-electron chi connectivity index (χ4n) is 4.65. The van der Waals surface area contributed by atoms with E-state index >= 15 is 0 Å². The third-order valence-electron chi connectivity index (χ3n) is 6.61. The van der Waals surface area contributed by atoms with Crippen molar-refractivity contribution in [1.82, 2.24) is 15.5 Å². The standard InChI is InChI=1S/C30H44N4O5/c1-6-8-20-34(28(37)24(18-19-25(31)35)33-29(38)39-30(3,4)5)26(22-16-14-21(7-2)15-17-22)27(36)32-23-12-10-9-11-13-23/h2,14-17,23-24,26H,6,8-13,18-20H2,1,3-5H3,(H2,31,35)(H,32,36)(H,33,38). The molecular weight excluding hydrogens is 496 g/mol. The Labute approximate surface area is 232 Å². The molecule has 0 saturated heterocycles. The lowest BCUT2D eigenvalue weighted by atomic mass is 9.94. The Morgan fingerprint density at radius 3 is 2.31 bits per heavy atom. The molecule has 1 aliphatic carbocycles. The summed E-state index contributed by atoms with van der Waals surface area (Å²) in [6.45, 7) is 7.41. The van der Waals surface area contributed by atoms with Crippen LogP contribution in [0.1, 0.15) is 103 Å². The first-order chi connectivity index (χ1) is 18.4. The van der Waals surface area contributed by atoms with Crippen LogP contribution in [0.2, 0.25) is 0 Å². The maximum atomic E-state index is 14.1. The number of nitrogens with zero attached hydrogens (tertiary/aromatic N) is 1. The highest BCUT2D eigenvalue weighted by Crippen LogP contribution is 2.26. The number of rotatable bonds is 12. The zero-order valence-corrected chi connectivity index (χ0v) is 23.8. The van der Waals surface area contributed by atoms with Crippen molar-refractivity contribution in [2.24, 2.45) is 5.73 Å². The average molecular weight is 541 g/mol. The molecule has 39 heavy (non-hydrogen) atoms. The van der Waals surface area contributed by atoms with E-state index in [4.69, 9.17) is 16.9 Å². The average Bonchev–Trinajstić information content (AvgIpc) is 2.88. The number of amides is 4. The number of nitrogens with two attached hydrogens (primary N) is 1. The van der Waals surface area contributed by atoms with Gasteiger partial charge in [0.1, 0.15) is 17.7 Å². The number of carbonyl (C=O) groups is 4. The molecule has 1 fully saturated rings. The van der Waals surface area contributed by atoms with Crippen LogP contribution in [0.4, 0.5) is 4.79 Å². The van der Waals surface area contributed by atoms with E-state index in [0.29, 0.717) is 17.5 Å². The van der Waals surface area contributed by atoms with Crippen molar-refractivity contribution < 1.29 is 23.9 Å². The molecule has 0 spiro atoms. The van der Waals surface area contributed by atoms with Gasteiger partial charge in [-0.2, -0.15) is 0 Å². The third-order valence-corrected chi connectivity index (χ3v) is 6.61. The van der Waals surface area contributed by atoms with Crippen molar-refractivity contribution >= 4 is 23.8 Å². The van der Waals surface area contributed by atoms with Gasteiger partial charge >= 0.3 is 6.09 Å². The normalized spacial score (nSPS) is 15.4. The van der Waals surface area contributed by atoms with E-state index in [1.807, 2.05) is 6.92 Å². The van der Waals surface area contributed by atoms with Crippen molar-refractivity contribution in [3.63, 3.8) is 0 Å². The smallest absolute Gasteiger partial charge is 0.408 e. The molecule has 0 heterocycles. The van der Waals surface area contributed by atoms with Gasteiger partial charge in [0.15, 0.2) is 0 Å². The Morgan fingerprint density at radius 2 is 1.77 bits per heavy atom. The molecule has 214 valence electrons. The van der Waals surface area contributed by atoms with Gasteiger partial charge in [-0.3, -0.25) is 14.4 Å². The first-order valence-corrected chi connectivity index (χ1v) is 13.9. The molecule has 0 bridgehead atoms. The number of nitrogens with one attached hydrogen (secondary N) is 2. The second-order valence-corrected chi connectivity index (χ2v) is 11.1. The van der Waals surface area contributed by atoms with Crippen molar-refractivity contribution in [3.8, 4) is 12.3 Å². The van der Waals surface area contributed by atoms with Crippen molar-refractivity contribution in [1.29, 1.82) is 0 Å². The number of ether oxygens (including phenoxy) is 1. The third kappa shape index (κ3) is 10.6. The van der Waals surface area contributed by atoms with E-state index in [1.54, 1.807) is 45.0 Å². The predicted molar refractivity (Wildman–Crippen MR) is 150 cm³/mol. The first kappa shape index (κ1) is 31.7. The lowest BCUT2D eigenvalue weighted by Gasteiger charge is -2.35. The van der Waals surface area contributed by atoms with Crippen LogP contribution in [0.15, 0.2) is 24.3 Å². The first-order valence-electron chi connectivity index (χ1n) is 13.9. The van der Waals surface area contributed by atoms with Crippen LogP contribution in [-0.2, 0) is 19.1 Å². The van der Waals surface area contributed by atoms with E-state index in [1.165, 1.54) is 4.90 Å². The molecule has 1 aliphatic rings. The second-order valence-electron chi connectivity index (χ2n) is 11.1. The van der Waals surface area contributed by atoms with Gasteiger partial charge in [0, 0.05) is 24.6 Å². The number of carbonyl (C=O) groups excluding carboxylic acids is 4. The molecule has 4 N–H and O–H groups in total. The molecular formula is C30H44N4O5. The van der Waals surface area contributed by atoms with Gasteiger partial charge in [-0.1, -0.05) is 50.7 Å². The minimum absolute atomic E-state index is 0.0248. The topological polar surface area (TPSA) is 131 Å². The Bertz CT molecular complexity index is 1020. The SMILES string of the molecule is C#Cc1ccc(C(C(=O)NC2CCCCC2)N(CCCC)C(=O)C(CCC(N)=O)NC(=O)OC(C)(C)C)cc1. The summed E-state index contributed by atoms with van der Waals surface area (Å²) in [5, 5.41) is 5.77. The molecule has 1 aromatic carbocycles. The van der Waals surface area contributed by atoms with Gasteiger partial charge < -0.3 is 26.0 Å². The monoisotopic (exact) mass is 540 g/mol. The number of unbranched alkanes of at least 4 members (excludes halogenated alkanes) is 1. The summed E-state index contributed by atoms with van der Waals surface area (Å²) >= 11 is 0. The van der Waals surface area contributed by atoms with Crippen molar-refractivity contribution in [2.75, 3.05) is 6.54 Å². The van der Waals surface area contributed by atoms with E-state index in [2.05, 4.69) is 16.6 Å². The zero-order valence-electron chi connectivity index (χ0n) is 23.8. The molecule has 0 radical (unpaired) electrons. The summed E-state index contributed by atoms with van der Waals surface area (Å²) in [6, 6.07) is 4.96. The number of benzene rings is 1. The highest BCUT2D eigenvalue weighted by molar-refractivity contribution is 5.92. The van der Waals surface area contributed by atoms with Crippen LogP contribution in [0.3, 0.4) is 0 Å². The van der Waals surface area contributed by atoms with Crippen LogP contribution in [0.5, 0.6) is 0 Å². The van der Waals surface area contributed by atoms with Crippen LogP contribution >= 0.6 is 0 Å². The molecule has 2 unspecified atom stereocenters. The number of hydrogen-bond donors (Lipinski definition) is 3. The number of hydrogen-bond acceptors (Lipinski definition) is 5. The number of terminal acetylenes is 1. The highest BCUT2D eigenvalue weighted by Gasteiger charge is 2.37. The summed E-state index contributed by atoms with van der Waals surface area (Å²) in [6.07, 6.45) is 11.0. The molecule has 0 aliphatic heterocycles. The van der Waals surface area contributed by atoms with Gasteiger partial charge in [0.2, 0.25) is 17.7 Å². The minimum Gasteiger partial charge on any atom is -0.444 e. The molecule has 0 aromatic heterocycles. The van der Waals surface area contributed by atoms with Gasteiger partial charge in [-0.15, -0.1) is 6.42 Å². The zero-order chi connectivity index (χ0) is 29.0.